The third-order valence-electron chi connectivity index (χ3n) is 1.67. The minimum absolute atomic E-state index is 0.0529. The van der Waals surface area contributed by atoms with Gasteiger partial charge in [-0.1, -0.05) is 0 Å². The van der Waals surface area contributed by atoms with Crippen molar-refractivity contribution in [3.8, 4) is 0 Å². The number of carbonyl (C=O) groups is 1. The number of nitrogens with zero attached hydrogens (tertiary/aromatic N) is 2. The van der Waals surface area contributed by atoms with Crippen LogP contribution >= 0.6 is 0 Å². The van der Waals surface area contributed by atoms with E-state index < -0.39 is 0 Å². The first-order chi connectivity index (χ1) is 6.72. The molecule has 76 valence electrons. The number of amides is 1. The summed E-state index contributed by atoms with van der Waals surface area (Å²) in [6.45, 7) is 2.32. The molecule has 14 heavy (non-hydrogen) atoms. The zero-order valence-corrected chi connectivity index (χ0v) is 8.16. The Hall–Kier alpha value is -1.49. The highest BCUT2D eigenvalue weighted by Crippen LogP contribution is 2.03. The van der Waals surface area contributed by atoms with Crippen molar-refractivity contribution in [2.45, 2.75) is 19.8 Å². The summed E-state index contributed by atoms with van der Waals surface area (Å²) >= 11 is 0. The first kappa shape index (κ1) is 10.6. The highest BCUT2D eigenvalue weighted by molar-refractivity contribution is 5.90. The molecule has 0 atom stereocenters. The highest BCUT2D eigenvalue weighted by atomic mass is 16.1. The van der Waals surface area contributed by atoms with Crippen molar-refractivity contribution in [3.63, 3.8) is 0 Å². The van der Waals surface area contributed by atoms with Crippen molar-refractivity contribution in [1.82, 2.24) is 9.97 Å². The molecule has 5 heteroatoms. The lowest BCUT2D eigenvalue weighted by atomic mass is 10.3. The van der Waals surface area contributed by atoms with E-state index in [9.17, 15) is 4.79 Å². The van der Waals surface area contributed by atoms with E-state index in [0.717, 1.165) is 0 Å². The molecule has 0 unspecified atom stereocenters. The Labute approximate surface area is 82.7 Å². The molecule has 0 aromatic carbocycles. The van der Waals surface area contributed by atoms with E-state index in [2.05, 4.69) is 15.3 Å². The van der Waals surface area contributed by atoms with Crippen LogP contribution in [0.2, 0.25) is 0 Å². The molecule has 1 aromatic rings. The molecular weight excluding hydrogens is 180 g/mol. The maximum absolute atomic E-state index is 11.2. The second-order valence-corrected chi connectivity index (χ2v) is 2.96. The predicted molar refractivity (Wildman–Crippen MR) is 53.7 cm³/mol. The number of carbonyl (C=O) groups excluding carboxylic acids is 1. The van der Waals surface area contributed by atoms with E-state index in [-0.39, 0.29) is 5.91 Å². The quantitative estimate of drug-likeness (QED) is 0.729. The number of nitrogens with one attached hydrogen (secondary N) is 1. The van der Waals surface area contributed by atoms with Gasteiger partial charge >= 0.3 is 0 Å². The fraction of sp³-hybridized carbons (Fsp3) is 0.444. The normalized spacial score (nSPS) is 9.86. The first-order valence-electron chi connectivity index (χ1n) is 4.51. The molecule has 1 amide bonds. The Morgan fingerprint density at radius 3 is 2.71 bits per heavy atom. The number of rotatable bonds is 4. The van der Waals surface area contributed by atoms with Crippen LogP contribution < -0.4 is 11.1 Å². The fourth-order valence-electron chi connectivity index (χ4n) is 0.943. The van der Waals surface area contributed by atoms with Crippen LogP contribution in [-0.2, 0) is 4.79 Å². The third kappa shape index (κ3) is 3.49. The lowest BCUT2D eigenvalue weighted by Crippen LogP contribution is -2.13. The summed E-state index contributed by atoms with van der Waals surface area (Å²) < 4.78 is 0. The zero-order chi connectivity index (χ0) is 10.4. The highest BCUT2D eigenvalue weighted by Gasteiger charge is 2.01. The van der Waals surface area contributed by atoms with E-state index in [1.807, 2.05) is 0 Å². The van der Waals surface area contributed by atoms with Gasteiger partial charge in [0, 0.05) is 6.42 Å². The summed E-state index contributed by atoms with van der Waals surface area (Å²) in [5.41, 5.74) is 5.91. The van der Waals surface area contributed by atoms with Gasteiger partial charge in [-0.25, -0.2) is 9.97 Å². The Morgan fingerprint density at radius 1 is 1.50 bits per heavy atom. The number of nitrogens with two attached hydrogens (primary N) is 1. The second-order valence-electron chi connectivity index (χ2n) is 2.96. The van der Waals surface area contributed by atoms with Gasteiger partial charge in [0.1, 0.15) is 5.82 Å². The van der Waals surface area contributed by atoms with E-state index in [0.29, 0.717) is 30.9 Å². The average Bonchev–Trinajstić information content (AvgIpc) is 2.18. The average molecular weight is 194 g/mol. The van der Waals surface area contributed by atoms with Crippen LogP contribution in [0.4, 0.5) is 5.69 Å². The van der Waals surface area contributed by atoms with Crippen LogP contribution in [0, 0.1) is 6.92 Å². The second kappa shape index (κ2) is 5.29. The van der Waals surface area contributed by atoms with Gasteiger partial charge in [-0.05, 0) is 19.9 Å². The molecule has 0 saturated carbocycles. The van der Waals surface area contributed by atoms with Gasteiger partial charge in [0.2, 0.25) is 5.91 Å². The Kier molecular flexibility index (Phi) is 4.00. The lowest BCUT2D eigenvalue weighted by molar-refractivity contribution is -0.116. The minimum atomic E-state index is -0.0529. The summed E-state index contributed by atoms with van der Waals surface area (Å²) in [5, 5.41) is 2.68. The Morgan fingerprint density at radius 2 is 2.14 bits per heavy atom. The molecule has 1 aromatic heterocycles. The number of aryl methyl sites for hydroxylation is 1. The summed E-state index contributed by atoms with van der Waals surface area (Å²) in [4.78, 5) is 19.2. The fourth-order valence-corrected chi connectivity index (χ4v) is 0.943. The smallest absolute Gasteiger partial charge is 0.224 e. The number of hydrogen-bond acceptors (Lipinski definition) is 4. The molecule has 0 fully saturated rings. The molecule has 0 radical (unpaired) electrons. The van der Waals surface area contributed by atoms with Crippen LogP contribution in [-0.4, -0.2) is 22.4 Å². The molecule has 0 aliphatic carbocycles. The van der Waals surface area contributed by atoms with Crippen molar-refractivity contribution in [3.05, 3.63) is 18.2 Å². The SMILES string of the molecule is Cc1ncc(NC(=O)CCCN)cn1. The monoisotopic (exact) mass is 194 g/mol. The van der Waals surface area contributed by atoms with Crippen LogP contribution in [0.25, 0.3) is 0 Å². The van der Waals surface area contributed by atoms with Crippen molar-refractivity contribution >= 4 is 11.6 Å². The maximum atomic E-state index is 11.2. The van der Waals surface area contributed by atoms with E-state index in [1.165, 1.54) is 0 Å². The van der Waals surface area contributed by atoms with E-state index in [4.69, 9.17) is 5.73 Å². The van der Waals surface area contributed by atoms with Gasteiger partial charge < -0.3 is 11.1 Å². The van der Waals surface area contributed by atoms with Crippen molar-refractivity contribution < 1.29 is 4.79 Å². The molecule has 0 saturated heterocycles. The number of aromatic nitrogens is 2. The van der Waals surface area contributed by atoms with Crippen molar-refractivity contribution in [2.24, 2.45) is 5.73 Å². The molecule has 0 spiro atoms. The van der Waals surface area contributed by atoms with Crippen LogP contribution in [0.15, 0.2) is 12.4 Å². The number of hydrogen-bond donors (Lipinski definition) is 2. The van der Waals surface area contributed by atoms with Gasteiger partial charge in [0.15, 0.2) is 0 Å². The van der Waals surface area contributed by atoms with Gasteiger partial charge in [-0.2, -0.15) is 0 Å². The topological polar surface area (TPSA) is 80.9 Å². The maximum Gasteiger partial charge on any atom is 0.224 e. The number of anilines is 1. The Bertz CT molecular complexity index is 296. The van der Waals surface area contributed by atoms with Gasteiger partial charge in [0.25, 0.3) is 0 Å². The zero-order valence-electron chi connectivity index (χ0n) is 8.16. The molecule has 0 aliphatic heterocycles. The van der Waals surface area contributed by atoms with Gasteiger partial charge in [-0.3, -0.25) is 4.79 Å². The lowest BCUT2D eigenvalue weighted by Gasteiger charge is -2.03. The van der Waals surface area contributed by atoms with Crippen LogP contribution in [0.3, 0.4) is 0 Å². The summed E-state index contributed by atoms with van der Waals surface area (Å²) in [5.74, 6) is 0.632. The van der Waals surface area contributed by atoms with Gasteiger partial charge in [-0.15, -0.1) is 0 Å². The molecule has 1 rings (SSSR count). The largest absolute Gasteiger partial charge is 0.330 e. The van der Waals surface area contributed by atoms with Crippen LogP contribution in [0.1, 0.15) is 18.7 Å². The third-order valence-corrected chi connectivity index (χ3v) is 1.67. The van der Waals surface area contributed by atoms with E-state index >= 15 is 0 Å². The Balaban J connectivity index is 2.44. The molecule has 5 nitrogen and oxygen atoms in total. The molecule has 3 N–H and O–H groups in total. The standard InChI is InChI=1S/C9H14N4O/c1-7-11-5-8(6-12-7)13-9(14)3-2-4-10/h5-6H,2-4,10H2,1H3,(H,13,14). The summed E-state index contributed by atoms with van der Waals surface area (Å²) in [6, 6.07) is 0. The van der Waals surface area contributed by atoms with Gasteiger partial charge in [0.05, 0.1) is 18.1 Å². The van der Waals surface area contributed by atoms with Crippen molar-refractivity contribution in [2.75, 3.05) is 11.9 Å². The first-order valence-corrected chi connectivity index (χ1v) is 4.51. The van der Waals surface area contributed by atoms with Crippen molar-refractivity contribution in [1.29, 1.82) is 0 Å². The van der Waals surface area contributed by atoms with E-state index in [1.54, 1.807) is 19.3 Å². The molecule has 0 aliphatic rings. The minimum Gasteiger partial charge on any atom is -0.330 e. The van der Waals surface area contributed by atoms with Crippen LogP contribution in [0.5, 0.6) is 0 Å². The molecular formula is C9H14N4O. The molecule has 0 bridgehead atoms. The summed E-state index contributed by atoms with van der Waals surface area (Å²) in [7, 11) is 0. The molecule has 1 heterocycles. The predicted octanol–water partition coefficient (Wildman–Crippen LogP) is 0.462. The summed E-state index contributed by atoms with van der Waals surface area (Å²) in [6.07, 6.45) is 4.30.